The van der Waals surface area contributed by atoms with Crippen molar-refractivity contribution in [2.75, 3.05) is 20.3 Å². The summed E-state index contributed by atoms with van der Waals surface area (Å²) in [5.41, 5.74) is 0. The summed E-state index contributed by atoms with van der Waals surface area (Å²) in [4.78, 5) is 21.6. The molecule has 0 aliphatic rings. The van der Waals surface area contributed by atoms with E-state index in [1.165, 1.54) is 7.11 Å². The second kappa shape index (κ2) is 7.80. The minimum atomic E-state index is -2.67. The largest absolute Gasteiger partial charge is 0.480 e. The number of urea groups is 1. The van der Waals surface area contributed by atoms with E-state index < -0.39 is 31.0 Å². The van der Waals surface area contributed by atoms with Crippen molar-refractivity contribution in [3.05, 3.63) is 0 Å². The third-order valence-electron chi connectivity index (χ3n) is 1.63. The number of carbonyl (C=O) groups excluding carboxylic acids is 1. The number of amides is 2. The number of nitrogens with one attached hydrogen (secondary N) is 2. The molecule has 1 atom stereocenters. The summed E-state index contributed by atoms with van der Waals surface area (Å²) in [7, 11) is 1.38. The fraction of sp³-hybridized carbons (Fsp3) is 0.750. The van der Waals surface area contributed by atoms with Crippen LogP contribution in [0.2, 0.25) is 0 Å². The molecule has 0 aliphatic heterocycles. The zero-order valence-electron chi connectivity index (χ0n) is 8.70. The van der Waals surface area contributed by atoms with Gasteiger partial charge in [0.2, 0.25) is 0 Å². The fourth-order valence-corrected chi connectivity index (χ4v) is 0.872. The van der Waals surface area contributed by atoms with E-state index >= 15 is 0 Å². The first-order valence-corrected chi connectivity index (χ1v) is 4.51. The second-order valence-corrected chi connectivity index (χ2v) is 2.92. The van der Waals surface area contributed by atoms with Crippen LogP contribution in [-0.4, -0.2) is 49.8 Å². The average Bonchev–Trinajstić information content (AvgIpc) is 2.20. The van der Waals surface area contributed by atoms with Crippen molar-refractivity contribution in [3.8, 4) is 0 Å². The number of aliphatic carboxylic acids is 1. The van der Waals surface area contributed by atoms with Crippen molar-refractivity contribution in [2.45, 2.75) is 18.9 Å². The normalized spacial score (nSPS) is 12.2. The van der Waals surface area contributed by atoms with Crippen molar-refractivity contribution in [1.29, 1.82) is 0 Å². The summed E-state index contributed by atoms with van der Waals surface area (Å²) < 4.78 is 28.1. The van der Waals surface area contributed by atoms with Crippen LogP contribution in [0.15, 0.2) is 0 Å². The van der Waals surface area contributed by atoms with E-state index in [4.69, 9.17) is 5.11 Å². The molecule has 0 aromatic heterocycles. The van der Waals surface area contributed by atoms with Crippen molar-refractivity contribution in [3.63, 3.8) is 0 Å². The lowest BCUT2D eigenvalue weighted by Gasteiger charge is -2.14. The van der Waals surface area contributed by atoms with E-state index in [-0.39, 0.29) is 13.0 Å². The van der Waals surface area contributed by atoms with Gasteiger partial charge < -0.3 is 20.5 Å². The molecule has 3 N–H and O–H groups in total. The van der Waals surface area contributed by atoms with Crippen LogP contribution in [0.4, 0.5) is 13.6 Å². The molecular formula is C8H14F2N2O4. The monoisotopic (exact) mass is 240 g/mol. The number of hydrogen-bond acceptors (Lipinski definition) is 3. The first-order chi connectivity index (χ1) is 7.47. The van der Waals surface area contributed by atoms with Crippen LogP contribution in [-0.2, 0) is 9.53 Å². The van der Waals surface area contributed by atoms with Crippen molar-refractivity contribution in [1.82, 2.24) is 10.6 Å². The van der Waals surface area contributed by atoms with Crippen LogP contribution in [0.25, 0.3) is 0 Å². The smallest absolute Gasteiger partial charge is 0.326 e. The Morgan fingerprint density at radius 1 is 1.44 bits per heavy atom. The molecular weight excluding hydrogens is 226 g/mol. The summed E-state index contributed by atoms with van der Waals surface area (Å²) in [6, 6.07) is -2.10. The van der Waals surface area contributed by atoms with Gasteiger partial charge in [-0.05, 0) is 0 Å². The number of rotatable bonds is 7. The predicted molar refractivity (Wildman–Crippen MR) is 50.5 cm³/mol. The van der Waals surface area contributed by atoms with Gasteiger partial charge in [0.05, 0.1) is 6.54 Å². The molecule has 16 heavy (non-hydrogen) atoms. The van der Waals surface area contributed by atoms with Crippen LogP contribution < -0.4 is 10.6 Å². The lowest BCUT2D eigenvalue weighted by atomic mass is 10.2. The van der Waals surface area contributed by atoms with Gasteiger partial charge in [0.15, 0.2) is 0 Å². The van der Waals surface area contributed by atoms with Gasteiger partial charge in [0.25, 0.3) is 6.43 Å². The van der Waals surface area contributed by atoms with E-state index in [1.54, 1.807) is 0 Å². The Morgan fingerprint density at radius 3 is 2.50 bits per heavy atom. The Balaban J connectivity index is 3.98. The van der Waals surface area contributed by atoms with Gasteiger partial charge in [-0.15, -0.1) is 0 Å². The molecule has 0 radical (unpaired) electrons. The Hall–Kier alpha value is -1.44. The van der Waals surface area contributed by atoms with E-state index in [0.29, 0.717) is 0 Å². The molecule has 1 unspecified atom stereocenters. The molecule has 0 saturated carbocycles. The van der Waals surface area contributed by atoms with Gasteiger partial charge in [-0.1, -0.05) is 0 Å². The van der Waals surface area contributed by atoms with Gasteiger partial charge in [0, 0.05) is 20.1 Å². The van der Waals surface area contributed by atoms with Crippen LogP contribution in [0.5, 0.6) is 0 Å². The van der Waals surface area contributed by atoms with Gasteiger partial charge >= 0.3 is 12.0 Å². The molecule has 0 heterocycles. The highest BCUT2D eigenvalue weighted by Crippen LogP contribution is 1.93. The summed E-state index contributed by atoms with van der Waals surface area (Å²) in [5, 5.41) is 12.6. The molecule has 0 bridgehead atoms. The van der Waals surface area contributed by atoms with Crippen molar-refractivity contribution >= 4 is 12.0 Å². The van der Waals surface area contributed by atoms with Gasteiger partial charge in [-0.2, -0.15) is 0 Å². The lowest BCUT2D eigenvalue weighted by molar-refractivity contribution is -0.139. The Kier molecular flexibility index (Phi) is 7.10. The number of hydrogen-bond donors (Lipinski definition) is 3. The number of methoxy groups -OCH3 is 1. The van der Waals surface area contributed by atoms with E-state index in [9.17, 15) is 18.4 Å². The zero-order valence-corrected chi connectivity index (χ0v) is 8.70. The quantitative estimate of drug-likeness (QED) is 0.586. The zero-order chi connectivity index (χ0) is 12.6. The summed E-state index contributed by atoms with van der Waals surface area (Å²) >= 11 is 0. The van der Waals surface area contributed by atoms with Crippen LogP contribution >= 0.6 is 0 Å². The Morgan fingerprint density at radius 2 is 2.06 bits per heavy atom. The summed E-state index contributed by atoms with van der Waals surface area (Å²) in [6.07, 6.45) is -2.61. The maximum absolute atomic E-state index is 11.7. The van der Waals surface area contributed by atoms with Gasteiger partial charge in [-0.3, -0.25) is 0 Å². The molecule has 8 heteroatoms. The molecule has 0 aliphatic carbocycles. The molecule has 94 valence electrons. The second-order valence-electron chi connectivity index (χ2n) is 2.92. The SMILES string of the molecule is COCCC(NC(=O)NCC(F)F)C(=O)O. The molecule has 0 aromatic carbocycles. The lowest BCUT2D eigenvalue weighted by Crippen LogP contribution is -2.47. The van der Waals surface area contributed by atoms with Crippen molar-refractivity contribution in [2.24, 2.45) is 0 Å². The van der Waals surface area contributed by atoms with Crippen molar-refractivity contribution < 1.29 is 28.2 Å². The number of ether oxygens (including phenoxy) is 1. The first kappa shape index (κ1) is 14.6. The van der Waals surface area contributed by atoms with Crippen LogP contribution in [0.3, 0.4) is 0 Å². The molecule has 6 nitrogen and oxygen atoms in total. The number of halogens is 2. The molecule has 0 aromatic rings. The third-order valence-corrected chi connectivity index (χ3v) is 1.63. The Labute approximate surface area is 91.0 Å². The number of carbonyl (C=O) groups is 2. The highest BCUT2D eigenvalue weighted by molar-refractivity contribution is 5.82. The molecule has 0 spiro atoms. The first-order valence-electron chi connectivity index (χ1n) is 4.51. The average molecular weight is 240 g/mol. The molecule has 0 saturated heterocycles. The molecule has 2 amide bonds. The standard InChI is InChI=1S/C8H14F2N2O4/c1-16-3-2-5(7(13)14)12-8(15)11-4-6(9)10/h5-6H,2-4H2,1H3,(H,13,14)(H2,11,12,15). The highest BCUT2D eigenvalue weighted by atomic mass is 19.3. The number of carboxylic acid groups (broad SMARTS) is 1. The predicted octanol–water partition coefficient (Wildman–Crippen LogP) is 0.0404. The van der Waals surface area contributed by atoms with Gasteiger partial charge in [0.1, 0.15) is 6.04 Å². The van der Waals surface area contributed by atoms with Crippen LogP contribution in [0, 0.1) is 0 Å². The minimum absolute atomic E-state index is 0.0634. The van der Waals surface area contributed by atoms with Gasteiger partial charge in [-0.25, -0.2) is 18.4 Å². The summed E-state index contributed by atoms with van der Waals surface area (Å²) in [6.45, 7) is -0.672. The van der Waals surface area contributed by atoms with E-state index in [2.05, 4.69) is 4.74 Å². The number of carboxylic acids is 1. The highest BCUT2D eigenvalue weighted by Gasteiger charge is 2.19. The maximum atomic E-state index is 11.7. The molecule has 0 rings (SSSR count). The topological polar surface area (TPSA) is 87.7 Å². The Bertz CT molecular complexity index is 238. The minimum Gasteiger partial charge on any atom is -0.480 e. The van der Waals surface area contributed by atoms with Crippen LogP contribution in [0.1, 0.15) is 6.42 Å². The number of alkyl halides is 2. The van der Waals surface area contributed by atoms with E-state index in [1.807, 2.05) is 10.6 Å². The third kappa shape index (κ3) is 6.93. The molecule has 0 fully saturated rings. The summed E-state index contributed by atoms with van der Waals surface area (Å²) in [5.74, 6) is -1.25. The fourth-order valence-electron chi connectivity index (χ4n) is 0.872. The van der Waals surface area contributed by atoms with E-state index in [0.717, 1.165) is 0 Å². The maximum Gasteiger partial charge on any atom is 0.326 e.